The number of nitrogens with zero attached hydrogens (tertiary/aromatic N) is 1. The summed E-state index contributed by atoms with van der Waals surface area (Å²) >= 11 is 0. The molecule has 4 nitrogen and oxygen atoms in total. The molecule has 0 saturated heterocycles. The van der Waals surface area contributed by atoms with Crippen LogP contribution in [0, 0.1) is 0 Å². The number of hydrogen-bond donors (Lipinski definition) is 0. The van der Waals surface area contributed by atoms with Gasteiger partial charge in [-0.2, -0.15) is 0 Å². The highest BCUT2D eigenvalue weighted by Crippen LogP contribution is 2.14. The number of esters is 1. The molecule has 2 aromatic rings. The molecule has 0 aliphatic carbocycles. The van der Waals surface area contributed by atoms with Crippen molar-refractivity contribution in [3.8, 4) is 5.75 Å². The van der Waals surface area contributed by atoms with Gasteiger partial charge in [-0.05, 0) is 23.3 Å². The first kappa shape index (κ1) is 13.1. The molecule has 0 amide bonds. The van der Waals surface area contributed by atoms with Crippen molar-refractivity contribution >= 4 is 5.97 Å². The molecular formula is C15H15NO3. The van der Waals surface area contributed by atoms with Crippen molar-refractivity contribution in [3.63, 3.8) is 0 Å². The van der Waals surface area contributed by atoms with Gasteiger partial charge in [-0.1, -0.05) is 24.3 Å². The van der Waals surface area contributed by atoms with Crippen LogP contribution in [0.5, 0.6) is 5.75 Å². The predicted molar refractivity (Wildman–Crippen MR) is 70.7 cm³/mol. The van der Waals surface area contributed by atoms with E-state index in [0.29, 0.717) is 12.4 Å². The topological polar surface area (TPSA) is 48.4 Å². The lowest BCUT2D eigenvalue weighted by atomic mass is 10.1. The SMILES string of the molecule is COC(=O)Cc1ccccc1COc1cccnc1. The Bertz CT molecular complexity index is 540. The number of hydrogen-bond acceptors (Lipinski definition) is 4. The zero-order valence-corrected chi connectivity index (χ0v) is 10.7. The maximum Gasteiger partial charge on any atom is 0.309 e. The van der Waals surface area contributed by atoms with E-state index >= 15 is 0 Å². The maximum atomic E-state index is 11.3. The van der Waals surface area contributed by atoms with Gasteiger partial charge in [0.2, 0.25) is 0 Å². The molecule has 1 aromatic carbocycles. The van der Waals surface area contributed by atoms with Crippen LogP contribution < -0.4 is 4.74 Å². The van der Waals surface area contributed by atoms with Crippen LogP contribution >= 0.6 is 0 Å². The number of aromatic nitrogens is 1. The Labute approximate surface area is 112 Å². The summed E-state index contributed by atoms with van der Waals surface area (Å²) in [6.07, 6.45) is 3.60. The van der Waals surface area contributed by atoms with Crippen molar-refractivity contribution in [2.24, 2.45) is 0 Å². The highest BCUT2D eigenvalue weighted by atomic mass is 16.5. The van der Waals surface area contributed by atoms with Crippen molar-refractivity contribution in [2.75, 3.05) is 7.11 Å². The summed E-state index contributed by atoms with van der Waals surface area (Å²) < 4.78 is 10.3. The lowest BCUT2D eigenvalue weighted by molar-refractivity contribution is -0.139. The van der Waals surface area contributed by atoms with E-state index in [2.05, 4.69) is 9.72 Å². The first-order valence-electron chi connectivity index (χ1n) is 5.96. The van der Waals surface area contributed by atoms with Crippen LogP contribution in [0.3, 0.4) is 0 Å². The normalized spacial score (nSPS) is 9.95. The quantitative estimate of drug-likeness (QED) is 0.772. The average molecular weight is 257 g/mol. The molecule has 0 unspecified atom stereocenters. The summed E-state index contributed by atoms with van der Waals surface area (Å²) in [6, 6.07) is 11.3. The Kier molecular flexibility index (Phi) is 4.50. The lowest BCUT2D eigenvalue weighted by Gasteiger charge is -2.10. The Hall–Kier alpha value is -2.36. The molecule has 0 aliphatic heterocycles. The fraction of sp³-hybridized carbons (Fsp3) is 0.200. The van der Waals surface area contributed by atoms with Crippen LogP contribution in [0.25, 0.3) is 0 Å². The Morgan fingerprint density at radius 1 is 1.16 bits per heavy atom. The minimum absolute atomic E-state index is 0.253. The second-order valence-electron chi connectivity index (χ2n) is 4.00. The average Bonchev–Trinajstić information content (AvgIpc) is 2.47. The van der Waals surface area contributed by atoms with Gasteiger partial charge in [0.05, 0.1) is 19.7 Å². The van der Waals surface area contributed by atoms with E-state index in [1.807, 2.05) is 36.4 Å². The zero-order chi connectivity index (χ0) is 13.5. The highest BCUT2D eigenvalue weighted by molar-refractivity contribution is 5.72. The maximum absolute atomic E-state index is 11.3. The molecule has 0 fully saturated rings. The van der Waals surface area contributed by atoms with Crippen molar-refractivity contribution < 1.29 is 14.3 Å². The zero-order valence-electron chi connectivity index (χ0n) is 10.7. The third-order valence-electron chi connectivity index (χ3n) is 2.71. The molecule has 0 spiro atoms. The molecule has 0 radical (unpaired) electrons. The fourth-order valence-electron chi connectivity index (χ4n) is 1.69. The van der Waals surface area contributed by atoms with Gasteiger partial charge in [0.15, 0.2) is 0 Å². The van der Waals surface area contributed by atoms with Crippen molar-refractivity contribution in [1.82, 2.24) is 4.98 Å². The van der Waals surface area contributed by atoms with E-state index in [0.717, 1.165) is 11.1 Å². The van der Waals surface area contributed by atoms with Crippen LogP contribution in [0.15, 0.2) is 48.8 Å². The number of rotatable bonds is 5. The summed E-state index contributed by atoms with van der Waals surface area (Å²) in [5, 5.41) is 0. The van der Waals surface area contributed by atoms with Gasteiger partial charge in [-0.15, -0.1) is 0 Å². The molecule has 0 N–H and O–H groups in total. The Morgan fingerprint density at radius 2 is 1.95 bits per heavy atom. The minimum atomic E-state index is -0.256. The molecule has 98 valence electrons. The summed E-state index contributed by atoms with van der Waals surface area (Å²) in [6.45, 7) is 0.402. The Balaban J connectivity index is 2.05. The van der Waals surface area contributed by atoms with E-state index in [9.17, 15) is 4.79 Å². The van der Waals surface area contributed by atoms with Gasteiger partial charge in [0, 0.05) is 6.20 Å². The molecule has 0 atom stereocenters. The van der Waals surface area contributed by atoms with E-state index in [1.165, 1.54) is 7.11 Å². The molecule has 2 rings (SSSR count). The smallest absolute Gasteiger partial charge is 0.309 e. The van der Waals surface area contributed by atoms with Crippen LogP contribution in [0.2, 0.25) is 0 Å². The molecule has 19 heavy (non-hydrogen) atoms. The first-order valence-corrected chi connectivity index (χ1v) is 5.96. The van der Waals surface area contributed by atoms with Gasteiger partial charge in [-0.3, -0.25) is 9.78 Å². The number of pyridine rings is 1. The van der Waals surface area contributed by atoms with Crippen LogP contribution in [0.4, 0.5) is 0 Å². The summed E-state index contributed by atoms with van der Waals surface area (Å²) in [5.41, 5.74) is 1.88. The summed E-state index contributed by atoms with van der Waals surface area (Å²) in [5.74, 6) is 0.448. The van der Waals surface area contributed by atoms with Crippen LogP contribution in [-0.2, 0) is 22.6 Å². The van der Waals surface area contributed by atoms with Gasteiger partial charge in [0.1, 0.15) is 12.4 Å². The predicted octanol–water partition coefficient (Wildman–Crippen LogP) is 2.38. The minimum Gasteiger partial charge on any atom is -0.487 e. The molecule has 1 aromatic heterocycles. The van der Waals surface area contributed by atoms with Gasteiger partial charge in [0.25, 0.3) is 0 Å². The second kappa shape index (κ2) is 6.54. The number of methoxy groups -OCH3 is 1. The van der Waals surface area contributed by atoms with Gasteiger partial charge >= 0.3 is 5.97 Å². The fourth-order valence-corrected chi connectivity index (χ4v) is 1.69. The number of ether oxygens (including phenoxy) is 2. The van der Waals surface area contributed by atoms with E-state index in [1.54, 1.807) is 12.4 Å². The Morgan fingerprint density at radius 3 is 2.63 bits per heavy atom. The molecule has 0 saturated carbocycles. The summed E-state index contributed by atoms with van der Waals surface area (Å²) in [4.78, 5) is 15.3. The highest BCUT2D eigenvalue weighted by Gasteiger charge is 2.08. The van der Waals surface area contributed by atoms with Crippen molar-refractivity contribution in [2.45, 2.75) is 13.0 Å². The number of carbonyl (C=O) groups excluding carboxylic acids is 1. The van der Waals surface area contributed by atoms with E-state index in [4.69, 9.17) is 4.74 Å². The summed E-state index contributed by atoms with van der Waals surface area (Å²) in [7, 11) is 1.39. The number of carbonyl (C=O) groups is 1. The van der Waals surface area contributed by atoms with E-state index in [-0.39, 0.29) is 12.4 Å². The molecular weight excluding hydrogens is 242 g/mol. The van der Waals surface area contributed by atoms with E-state index < -0.39 is 0 Å². The molecule has 1 heterocycles. The standard InChI is InChI=1S/C15H15NO3/c1-18-15(17)9-12-5-2-3-6-13(12)11-19-14-7-4-8-16-10-14/h2-8,10H,9,11H2,1H3. The van der Waals surface area contributed by atoms with Crippen LogP contribution in [0.1, 0.15) is 11.1 Å². The van der Waals surface area contributed by atoms with Crippen molar-refractivity contribution in [3.05, 3.63) is 59.9 Å². The van der Waals surface area contributed by atoms with Crippen molar-refractivity contribution in [1.29, 1.82) is 0 Å². The monoisotopic (exact) mass is 257 g/mol. The van der Waals surface area contributed by atoms with Gasteiger partial charge in [-0.25, -0.2) is 0 Å². The lowest BCUT2D eigenvalue weighted by Crippen LogP contribution is -2.08. The molecule has 0 bridgehead atoms. The molecule has 0 aliphatic rings. The largest absolute Gasteiger partial charge is 0.487 e. The van der Waals surface area contributed by atoms with Gasteiger partial charge < -0.3 is 9.47 Å². The third kappa shape index (κ3) is 3.81. The van der Waals surface area contributed by atoms with Crippen LogP contribution in [-0.4, -0.2) is 18.1 Å². The molecule has 4 heteroatoms. The number of benzene rings is 1. The third-order valence-corrected chi connectivity index (χ3v) is 2.71. The second-order valence-corrected chi connectivity index (χ2v) is 4.00. The first-order chi connectivity index (χ1) is 9.29.